The molecule has 7 nitrogen and oxygen atoms in total. The van der Waals surface area contributed by atoms with E-state index in [1.54, 1.807) is 0 Å². The smallest absolute Gasteiger partial charge is 0.407 e. The van der Waals surface area contributed by atoms with Crippen LogP contribution in [0.4, 0.5) is 4.79 Å². The van der Waals surface area contributed by atoms with Gasteiger partial charge in [0.05, 0.1) is 5.92 Å². The monoisotopic (exact) mass is 476 g/mol. The van der Waals surface area contributed by atoms with E-state index in [4.69, 9.17) is 4.74 Å². The lowest BCUT2D eigenvalue weighted by Crippen LogP contribution is -2.48. The number of amides is 2. The van der Waals surface area contributed by atoms with Gasteiger partial charge in [0.2, 0.25) is 5.91 Å². The second-order valence-electron chi connectivity index (χ2n) is 10.2. The van der Waals surface area contributed by atoms with Gasteiger partial charge in [-0.25, -0.2) is 9.59 Å². The summed E-state index contributed by atoms with van der Waals surface area (Å²) in [4.78, 5) is 39.2. The highest BCUT2D eigenvalue weighted by molar-refractivity contribution is 5.86. The summed E-state index contributed by atoms with van der Waals surface area (Å²) in [7, 11) is 0. The number of likely N-dealkylation sites (tertiary alicyclic amines) is 1. The van der Waals surface area contributed by atoms with E-state index < -0.39 is 24.0 Å². The number of carboxylic acid groups (broad SMARTS) is 1. The Labute approximate surface area is 205 Å². The van der Waals surface area contributed by atoms with Gasteiger partial charge >= 0.3 is 12.1 Å². The molecule has 0 bridgehead atoms. The number of nitrogens with one attached hydrogen (secondary N) is 1. The van der Waals surface area contributed by atoms with E-state index in [0.717, 1.165) is 24.0 Å². The first-order chi connectivity index (χ1) is 16.9. The first kappa shape index (κ1) is 23.4. The summed E-state index contributed by atoms with van der Waals surface area (Å²) in [6, 6.07) is 15.5. The molecule has 2 aliphatic carbocycles. The Balaban J connectivity index is 1.21. The van der Waals surface area contributed by atoms with Gasteiger partial charge < -0.3 is 20.1 Å². The minimum absolute atomic E-state index is 0.0283. The van der Waals surface area contributed by atoms with E-state index in [2.05, 4.69) is 29.6 Å². The Bertz CT molecular complexity index is 1080. The maximum atomic E-state index is 13.3. The van der Waals surface area contributed by atoms with Crippen LogP contribution in [0.3, 0.4) is 0 Å². The highest BCUT2D eigenvalue weighted by Gasteiger charge is 2.42. The van der Waals surface area contributed by atoms with Crippen LogP contribution in [0.15, 0.2) is 48.5 Å². The average molecular weight is 477 g/mol. The zero-order chi connectivity index (χ0) is 24.5. The predicted octanol–water partition coefficient (Wildman–Crippen LogP) is 4.26. The molecule has 3 unspecified atom stereocenters. The van der Waals surface area contributed by atoms with Gasteiger partial charge in [0.25, 0.3) is 0 Å². The van der Waals surface area contributed by atoms with Gasteiger partial charge in [-0.1, -0.05) is 68.3 Å². The molecule has 0 radical (unpaired) electrons. The molecule has 2 aromatic carbocycles. The zero-order valence-electron chi connectivity index (χ0n) is 20.0. The van der Waals surface area contributed by atoms with Crippen molar-refractivity contribution >= 4 is 18.0 Å². The van der Waals surface area contributed by atoms with Crippen molar-refractivity contribution in [2.24, 2.45) is 17.8 Å². The zero-order valence-corrected chi connectivity index (χ0v) is 20.0. The number of benzene rings is 2. The fraction of sp³-hybridized carbons (Fsp3) is 0.464. The number of rotatable bonds is 8. The third kappa shape index (κ3) is 4.77. The Morgan fingerprint density at radius 3 is 2.26 bits per heavy atom. The molecule has 2 N–H and O–H groups in total. The van der Waals surface area contributed by atoms with E-state index in [0.29, 0.717) is 25.3 Å². The van der Waals surface area contributed by atoms with Crippen LogP contribution in [0, 0.1) is 17.8 Å². The summed E-state index contributed by atoms with van der Waals surface area (Å²) in [6.07, 6.45) is 2.95. The van der Waals surface area contributed by atoms with Crippen LogP contribution in [0.5, 0.6) is 0 Å². The van der Waals surface area contributed by atoms with Crippen LogP contribution in [-0.2, 0) is 14.3 Å². The van der Waals surface area contributed by atoms with Crippen LogP contribution in [0.1, 0.15) is 49.7 Å². The van der Waals surface area contributed by atoms with Gasteiger partial charge in [0, 0.05) is 19.0 Å². The van der Waals surface area contributed by atoms with E-state index in [9.17, 15) is 19.5 Å². The molecule has 0 aromatic heterocycles. The van der Waals surface area contributed by atoms with Crippen LogP contribution in [0.2, 0.25) is 0 Å². The normalized spacial score (nSPS) is 21.8. The third-order valence-corrected chi connectivity index (χ3v) is 7.74. The summed E-state index contributed by atoms with van der Waals surface area (Å²) in [5.41, 5.74) is 4.62. The van der Waals surface area contributed by atoms with Crippen molar-refractivity contribution in [2.75, 3.05) is 19.7 Å². The molecule has 3 aliphatic rings. The third-order valence-electron chi connectivity index (χ3n) is 7.74. The van der Waals surface area contributed by atoms with Crippen molar-refractivity contribution in [3.8, 4) is 11.1 Å². The molecule has 1 saturated carbocycles. The molecule has 1 aliphatic heterocycles. The van der Waals surface area contributed by atoms with Gasteiger partial charge in [-0.2, -0.15) is 0 Å². The summed E-state index contributed by atoms with van der Waals surface area (Å²) in [5, 5.41) is 12.4. The first-order valence-electron chi connectivity index (χ1n) is 12.6. The maximum absolute atomic E-state index is 13.3. The standard InChI is InChI=1S/C28H32N2O5/c1-17-12-13-30(25(17)27(32)33)26(31)19(14-18-10-11-18)15-29-28(34)35-16-24-22-8-4-2-6-20(22)21-7-3-5-9-23(21)24/h2-9,17-19,24-25H,10-16H2,1H3,(H,29,34)(H,32,33). The number of hydrogen-bond acceptors (Lipinski definition) is 4. The fourth-order valence-corrected chi connectivity index (χ4v) is 5.69. The minimum atomic E-state index is -0.960. The van der Waals surface area contributed by atoms with Crippen molar-refractivity contribution in [1.29, 1.82) is 0 Å². The Kier molecular flexibility index (Phi) is 6.50. The Morgan fingerprint density at radius 2 is 1.66 bits per heavy atom. The van der Waals surface area contributed by atoms with Crippen LogP contribution < -0.4 is 5.32 Å². The molecular formula is C28H32N2O5. The molecule has 3 atom stereocenters. The quantitative estimate of drug-likeness (QED) is 0.593. The van der Waals surface area contributed by atoms with Crippen molar-refractivity contribution in [2.45, 2.75) is 44.6 Å². The van der Waals surface area contributed by atoms with Gasteiger partial charge in [0.15, 0.2) is 0 Å². The molecule has 1 heterocycles. The number of aliphatic carboxylic acids is 1. The second-order valence-corrected chi connectivity index (χ2v) is 10.2. The van der Waals surface area contributed by atoms with Crippen molar-refractivity contribution in [3.63, 3.8) is 0 Å². The van der Waals surface area contributed by atoms with Crippen molar-refractivity contribution in [1.82, 2.24) is 10.2 Å². The van der Waals surface area contributed by atoms with Crippen molar-refractivity contribution in [3.05, 3.63) is 59.7 Å². The van der Waals surface area contributed by atoms with E-state index >= 15 is 0 Å². The Morgan fingerprint density at radius 1 is 1.03 bits per heavy atom. The molecule has 0 spiro atoms. The number of ether oxygens (including phenoxy) is 1. The molecule has 2 fully saturated rings. The maximum Gasteiger partial charge on any atom is 0.407 e. The minimum Gasteiger partial charge on any atom is -0.480 e. The molecule has 184 valence electrons. The lowest BCUT2D eigenvalue weighted by Gasteiger charge is -2.28. The molecule has 2 amide bonds. The van der Waals surface area contributed by atoms with Gasteiger partial charge in [0.1, 0.15) is 12.6 Å². The lowest BCUT2D eigenvalue weighted by molar-refractivity contribution is -0.151. The average Bonchev–Trinajstić information content (AvgIpc) is 3.51. The fourth-order valence-electron chi connectivity index (χ4n) is 5.69. The number of hydrogen-bond donors (Lipinski definition) is 2. The largest absolute Gasteiger partial charge is 0.480 e. The number of carbonyl (C=O) groups is 3. The van der Waals surface area contributed by atoms with Crippen LogP contribution in [-0.4, -0.2) is 53.7 Å². The van der Waals surface area contributed by atoms with Gasteiger partial charge in [-0.05, 0) is 46.9 Å². The van der Waals surface area contributed by atoms with Gasteiger partial charge in [-0.15, -0.1) is 0 Å². The summed E-state index contributed by atoms with van der Waals surface area (Å²) < 4.78 is 5.62. The van der Waals surface area contributed by atoms with Gasteiger partial charge in [-0.3, -0.25) is 4.79 Å². The number of fused-ring (bicyclic) bond motifs is 3. The summed E-state index contributed by atoms with van der Waals surface area (Å²) in [5.74, 6) is -1.20. The summed E-state index contributed by atoms with van der Waals surface area (Å²) >= 11 is 0. The highest BCUT2D eigenvalue weighted by atomic mass is 16.5. The van der Waals surface area contributed by atoms with E-state index in [-0.39, 0.29) is 30.9 Å². The predicted molar refractivity (Wildman–Crippen MR) is 131 cm³/mol. The first-order valence-corrected chi connectivity index (χ1v) is 12.6. The molecule has 2 aromatic rings. The van der Waals surface area contributed by atoms with Crippen molar-refractivity contribution < 1.29 is 24.2 Å². The van der Waals surface area contributed by atoms with E-state index in [1.165, 1.54) is 16.0 Å². The summed E-state index contributed by atoms with van der Waals surface area (Å²) in [6.45, 7) is 2.69. The van der Waals surface area contributed by atoms with Crippen LogP contribution in [0.25, 0.3) is 11.1 Å². The molecule has 5 rings (SSSR count). The Hall–Kier alpha value is -3.35. The SMILES string of the molecule is CC1CCN(C(=O)C(CNC(=O)OCC2c3ccccc3-c3ccccc32)CC2CC2)C1C(=O)O. The molecule has 35 heavy (non-hydrogen) atoms. The lowest BCUT2D eigenvalue weighted by atomic mass is 9.98. The number of carboxylic acids is 1. The van der Waals surface area contributed by atoms with E-state index in [1.807, 2.05) is 31.2 Å². The molecular weight excluding hydrogens is 444 g/mol. The van der Waals surface area contributed by atoms with Crippen LogP contribution >= 0.6 is 0 Å². The highest BCUT2D eigenvalue weighted by Crippen LogP contribution is 2.44. The topological polar surface area (TPSA) is 95.9 Å². The number of alkyl carbamates (subject to hydrolysis) is 1. The number of carbonyl (C=O) groups excluding carboxylic acids is 2. The molecule has 1 saturated heterocycles. The number of nitrogens with zero attached hydrogens (tertiary/aromatic N) is 1. The molecule has 7 heteroatoms. The second kappa shape index (κ2) is 9.72.